The summed E-state index contributed by atoms with van der Waals surface area (Å²) < 4.78 is 0.967. The van der Waals surface area contributed by atoms with Gasteiger partial charge in [0.05, 0.1) is 6.54 Å². The van der Waals surface area contributed by atoms with Crippen molar-refractivity contribution in [2.75, 3.05) is 0 Å². The average Bonchev–Trinajstić information content (AvgIpc) is 3.00. The van der Waals surface area contributed by atoms with Crippen LogP contribution in [0.4, 0.5) is 0 Å². The van der Waals surface area contributed by atoms with E-state index < -0.39 is 0 Å². The molecule has 5 heteroatoms. The Balaban J connectivity index is 1.97. The highest BCUT2D eigenvalue weighted by atomic mass is 79.9. The van der Waals surface area contributed by atoms with Gasteiger partial charge in [-0.05, 0) is 30.5 Å². The predicted molar refractivity (Wildman–Crippen MR) is 70.6 cm³/mol. The van der Waals surface area contributed by atoms with E-state index in [0.29, 0.717) is 23.6 Å². The number of rotatable bonds is 3. The molecular formula is C11H13BrClN3. The van der Waals surface area contributed by atoms with E-state index >= 15 is 0 Å². The molecule has 1 aliphatic rings. The first kappa shape index (κ1) is 11.7. The third-order valence-corrected chi connectivity index (χ3v) is 3.21. The molecule has 16 heavy (non-hydrogen) atoms. The Hall–Kier alpha value is -0.740. The summed E-state index contributed by atoms with van der Waals surface area (Å²) >= 11 is 9.43. The summed E-state index contributed by atoms with van der Waals surface area (Å²) in [4.78, 5) is 4.25. The summed E-state index contributed by atoms with van der Waals surface area (Å²) in [5.74, 6) is 0.501. The molecule has 1 fully saturated rings. The van der Waals surface area contributed by atoms with Crippen molar-refractivity contribution < 1.29 is 0 Å². The number of benzene rings is 1. The highest BCUT2D eigenvalue weighted by molar-refractivity contribution is 9.10. The maximum atomic E-state index is 6.07. The average molecular weight is 303 g/mol. The molecule has 2 rings (SSSR count). The molecule has 0 atom stereocenters. The Morgan fingerprint density at radius 3 is 2.94 bits per heavy atom. The molecule has 86 valence electrons. The number of halogens is 2. The van der Waals surface area contributed by atoms with E-state index in [9.17, 15) is 0 Å². The van der Waals surface area contributed by atoms with Crippen molar-refractivity contribution in [2.45, 2.75) is 25.4 Å². The van der Waals surface area contributed by atoms with Crippen molar-refractivity contribution in [3.05, 3.63) is 33.3 Å². The number of hydrogen-bond acceptors (Lipinski definition) is 1. The quantitative estimate of drug-likeness (QED) is 0.666. The van der Waals surface area contributed by atoms with Gasteiger partial charge < -0.3 is 11.1 Å². The number of nitrogens with zero attached hydrogens (tertiary/aromatic N) is 1. The third kappa shape index (κ3) is 3.39. The van der Waals surface area contributed by atoms with Crippen LogP contribution in [0.2, 0.25) is 5.02 Å². The molecule has 0 aromatic heterocycles. The molecule has 0 bridgehead atoms. The van der Waals surface area contributed by atoms with Crippen LogP contribution in [0, 0.1) is 0 Å². The molecule has 0 amide bonds. The summed E-state index contributed by atoms with van der Waals surface area (Å²) in [5.41, 5.74) is 6.71. The monoisotopic (exact) mass is 301 g/mol. The molecular weight excluding hydrogens is 289 g/mol. The summed E-state index contributed by atoms with van der Waals surface area (Å²) in [6.07, 6.45) is 2.38. The minimum atomic E-state index is 0.501. The van der Waals surface area contributed by atoms with Gasteiger partial charge in [0.1, 0.15) is 0 Å². The van der Waals surface area contributed by atoms with Crippen molar-refractivity contribution >= 4 is 33.5 Å². The van der Waals surface area contributed by atoms with E-state index in [1.807, 2.05) is 18.2 Å². The Bertz CT molecular complexity index is 416. The van der Waals surface area contributed by atoms with Crippen LogP contribution in [0.25, 0.3) is 0 Å². The van der Waals surface area contributed by atoms with Gasteiger partial charge in [-0.1, -0.05) is 33.6 Å². The molecule has 0 unspecified atom stereocenters. The van der Waals surface area contributed by atoms with Crippen LogP contribution in [0.15, 0.2) is 27.7 Å². The van der Waals surface area contributed by atoms with Crippen molar-refractivity contribution in [3.8, 4) is 0 Å². The number of guanidine groups is 1. The van der Waals surface area contributed by atoms with E-state index in [2.05, 4.69) is 26.2 Å². The van der Waals surface area contributed by atoms with Gasteiger partial charge in [0.15, 0.2) is 5.96 Å². The first-order chi connectivity index (χ1) is 7.65. The van der Waals surface area contributed by atoms with Crippen molar-refractivity contribution in [1.29, 1.82) is 0 Å². The minimum absolute atomic E-state index is 0.501. The van der Waals surface area contributed by atoms with E-state index in [0.717, 1.165) is 10.0 Å². The van der Waals surface area contributed by atoms with Crippen LogP contribution in [0.3, 0.4) is 0 Å². The van der Waals surface area contributed by atoms with Crippen molar-refractivity contribution in [3.63, 3.8) is 0 Å². The molecule has 1 aromatic carbocycles. The molecule has 0 radical (unpaired) electrons. The summed E-state index contributed by atoms with van der Waals surface area (Å²) in [5, 5.41) is 3.84. The fourth-order valence-corrected chi connectivity index (χ4v) is 2.04. The normalized spacial score (nSPS) is 16.2. The second-order valence-corrected chi connectivity index (χ2v) is 5.18. The van der Waals surface area contributed by atoms with Crippen LogP contribution < -0.4 is 11.1 Å². The van der Waals surface area contributed by atoms with Crippen LogP contribution in [-0.4, -0.2) is 12.0 Å². The lowest BCUT2D eigenvalue weighted by molar-refractivity contribution is 0.879. The van der Waals surface area contributed by atoms with Crippen LogP contribution >= 0.6 is 27.5 Å². The smallest absolute Gasteiger partial charge is 0.189 e. The number of nitrogens with two attached hydrogens (primary N) is 1. The van der Waals surface area contributed by atoms with E-state index in [4.69, 9.17) is 17.3 Å². The topological polar surface area (TPSA) is 50.4 Å². The van der Waals surface area contributed by atoms with Crippen LogP contribution in [0.1, 0.15) is 18.4 Å². The fourth-order valence-electron chi connectivity index (χ4n) is 1.30. The summed E-state index contributed by atoms with van der Waals surface area (Å²) in [6.45, 7) is 0.512. The maximum Gasteiger partial charge on any atom is 0.189 e. The Morgan fingerprint density at radius 1 is 1.56 bits per heavy atom. The largest absolute Gasteiger partial charge is 0.370 e. The van der Waals surface area contributed by atoms with Crippen LogP contribution in [-0.2, 0) is 6.54 Å². The lowest BCUT2D eigenvalue weighted by Gasteiger charge is -2.04. The molecule has 1 aliphatic carbocycles. The van der Waals surface area contributed by atoms with Gasteiger partial charge in [0.25, 0.3) is 0 Å². The lowest BCUT2D eigenvalue weighted by Crippen LogP contribution is -2.33. The van der Waals surface area contributed by atoms with Gasteiger partial charge in [0, 0.05) is 15.5 Å². The first-order valence-corrected chi connectivity index (χ1v) is 6.32. The highest BCUT2D eigenvalue weighted by Gasteiger charge is 2.21. The summed E-state index contributed by atoms with van der Waals surface area (Å²) in [6, 6.07) is 6.28. The lowest BCUT2D eigenvalue weighted by atomic mass is 10.2. The Kier molecular flexibility index (Phi) is 3.71. The highest BCUT2D eigenvalue weighted by Crippen LogP contribution is 2.22. The van der Waals surface area contributed by atoms with Crippen molar-refractivity contribution in [2.24, 2.45) is 10.7 Å². The number of hydrogen-bond donors (Lipinski definition) is 2. The van der Waals surface area contributed by atoms with E-state index in [1.54, 1.807) is 0 Å². The van der Waals surface area contributed by atoms with Gasteiger partial charge in [-0.25, -0.2) is 4.99 Å². The minimum Gasteiger partial charge on any atom is -0.370 e. The van der Waals surface area contributed by atoms with Gasteiger partial charge >= 0.3 is 0 Å². The first-order valence-electron chi connectivity index (χ1n) is 5.15. The van der Waals surface area contributed by atoms with E-state index in [1.165, 1.54) is 12.8 Å². The zero-order valence-corrected chi connectivity index (χ0v) is 11.1. The number of nitrogens with one attached hydrogen (secondary N) is 1. The molecule has 0 heterocycles. The third-order valence-electron chi connectivity index (χ3n) is 2.36. The molecule has 1 saturated carbocycles. The summed E-state index contributed by atoms with van der Waals surface area (Å²) in [7, 11) is 0. The number of aliphatic imine (C=N–C) groups is 1. The van der Waals surface area contributed by atoms with Crippen LogP contribution in [0.5, 0.6) is 0 Å². The predicted octanol–water partition coefficient (Wildman–Crippen LogP) is 2.67. The van der Waals surface area contributed by atoms with Gasteiger partial charge in [-0.3, -0.25) is 0 Å². The van der Waals surface area contributed by atoms with Crippen molar-refractivity contribution in [1.82, 2.24) is 5.32 Å². The molecule has 0 saturated heterocycles. The standard InChI is InChI=1S/C11H13BrClN3/c12-8-2-1-7(10(13)5-8)6-15-11(14)16-9-3-4-9/h1-2,5,9H,3-4,6H2,(H3,14,15,16). The second kappa shape index (κ2) is 5.06. The zero-order chi connectivity index (χ0) is 11.5. The molecule has 0 aliphatic heterocycles. The molecule has 3 N–H and O–H groups in total. The zero-order valence-electron chi connectivity index (χ0n) is 8.71. The van der Waals surface area contributed by atoms with Gasteiger partial charge in [0.2, 0.25) is 0 Å². The van der Waals surface area contributed by atoms with Gasteiger partial charge in [-0.2, -0.15) is 0 Å². The second-order valence-electron chi connectivity index (χ2n) is 3.86. The van der Waals surface area contributed by atoms with Gasteiger partial charge in [-0.15, -0.1) is 0 Å². The SMILES string of the molecule is NC(=NCc1ccc(Br)cc1Cl)NC1CC1. The molecule has 1 aromatic rings. The fraction of sp³-hybridized carbons (Fsp3) is 0.364. The van der Waals surface area contributed by atoms with E-state index in [-0.39, 0.29) is 0 Å². The Morgan fingerprint density at radius 2 is 2.31 bits per heavy atom. The molecule has 3 nitrogen and oxygen atoms in total. The Labute approximate surface area is 108 Å². The molecule has 0 spiro atoms. The maximum absolute atomic E-state index is 6.07.